The highest BCUT2D eigenvalue weighted by Crippen LogP contribution is 2.26. The summed E-state index contributed by atoms with van der Waals surface area (Å²) in [5, 5.41) is 17.1. The van der Waals surface area contributed by atoms with Crippen molar-refractivity contribution in [1.29, 1.82) is 0 Å². The molecule has 2 N–H and O–H groups in total. The first kappa shape index (κ1) is 16.4. The number of rotatable bonds is 7. The molecule has 0 fully saturated rings. The zero-order valence-electron chi connectivity index (χ0n) is 13.6. The van der Waals surface area contributed by atoms with Crippen molar-refractivity contribution in [3.05, 3.63) is 40.8 Å². The van der Waals surface area contributed by atoms with Crippen molar-refractivity contribution in [1.82, 2.24) is 10.5 Å². The van der Waals surface area contributed by atoms with Gasteiger partial charge in [0.1, 0.15) is 5.76 Å². The van der Waals surface area contributed by atoms with Crippen molar-refractivity contribution in [2.75, 3.05) is 7.11 Å². The summed E-state index contributed by atoms with van der Waals surface area (Å²) >= 11 is 0. The Hall–Kier alpha value is -2.01. The predicted octanol–water partition coefficient (Wildman–Crippen LogP) is 3.12. The Labute approximate surface area is 131 Å². The Balaban J connectivity index is 1.84. The van der Waals surface area contributed by atoms with Crippen LogP contribution in [0, 0.1) is 13.8 Å². The number of nitrogens with zero attached hydrogens (tertiary/aromatic N) is 1. The highest BCUT2D eigenvalue weighted by Gasteiger charge is 2.10. The third-order valence-electron chi connectivity index (χ3n) is 3.92. The molecule has 0 amide bonds. The molecule has 1 heterocycles. The molecule has 0 radical (unpaired) electrons. The zero-order valence-corrected chi connectivity index (χ0v) is 13.6. The number of hydrogen-bond acceptors (Lipinski definition) is 5. The first-order chi connectivity index (χ1) is 10.5. The van der Waals surface area contributed by atoms with Crippen LogP contribution in [0.3, 0.4) is 0 Å². The molecule has 0 spiro atoms. The predicted molar refractivity (Wildman–Crippen MR) is 85.3 cm³/mol. The minimum absolute atomic E-state index is 0.177. The van der Waals surface area contributed by atoms with E-state index < -0.39 is 0 Å². The minimum atomic E-state index is 0.177. The number of methoxy groups -OCH3 is 1. The molecule has 1 aromatic heterocycles. The van der Waals surface area contributed by atoms with E-state index in [1.54, 1.807) is 13.2 Å². The largest absolute Gasteiger partial charge is 0.504 e. The van der Waals surface area contributed by atoms with Gasteiger partial charge in [-0.1, -0.05) is 11.2 Å². The second kappa shape index (κ2) is 7.31. The summed E-state index contributed by atoms with van der Waals surface area (Å²) in [6.07, 6.45) is 1.92. The standard InChI is InChI=1S/C17H24N2O3/c1-11(18-10-15-12(2)19-22-13(15)3)5-6-14-7-8-16(20)17(9-14)21-4/h7-9,11,18,20H,5-6,10H2,1-4H3/t11-/m0/s1. The van der Waals surface area contributed by atoms with E-state index in [0.29, 0.717) is 11.8 Å². The third-order valence-corrected chi connectivity index (χ3v) is 3.92. The highest BCUT2D eigenvalue weighted by atomic mass is 16.5. The summed E-state index contributed by atoms with van der Waals surface area (Å²) in [6, 6.07) is 5.86. The fourth-order valence-electron chi connectivity index (χ4n) is 2.39. The molecule has 22 heavy (non-hydrogen) atoms. The van der Waals surface area contributed by atoms with Gasteiger partial charge in [-0.2, -0.15) is 0 Å². The number of benzene rings is 1. The molecule has 1 aromatic carbocycles. The molecule has 0 saturated carbocycles. The number of aryl methyl sites for hydroxylation is 3. The Kier molecular flexibility index (Phi) is 5.44. The van der Waals surface area contributed by atoms with E-state index in [9.17, 15) is 5.11 Å². The number of nitrogens with one attached hydrogen (secondary N) is 1. The van der Waals surface area contributed by atoms with Crippen molar-refractivity contribution < 1.29 is 14.4 Å². The maximum atomic E-state index is 9.60. The summed E-state index contributed by atoms with van der Waals surface area (Å²) in [6.45, 7) is 6.82. The van der Waals surface area contributed by atoms with E-state index in [0.717, 1.165) is 42.0 Å². The van der Waals surface area contributed by atoms with Crippen LogP contribution in [0.25, 0.3) is 0 Å². The van der Waals surface area contributed by atoms with Crippen molar-refractivity contribution in [3.63, 3.8) is 0 Å². The number of hydrogen-bond donors (Lipinski definition) is 2. The van der Waals surface area contributed by atoms with E-state index in [-0.39, 0.29) is 5.75 Å². The van der Waals surface area contributed by atoms with Crippen molar-refractivity contribution in [2.45, 2.75) is 46.2 Å². The molecule has 0 unspecified atom stereocenters. The van der Waals surface area contributed by atoms with Gasteiger partial charge in [0, 0.05) is 18.2 Å². The van der Waals surface area contributed by atoms with Gasteiger partial charge in [0.15, 0.2) is 11.5 Å². The maximum absolute atomic E-state index is 9.60. The first-order valence-electron chi connectivity index (χ1n) is 7.52. The molecule has 2 aromatic rings. The topological polar surface area (TPSA) is 67.5 Å². The van der Waals surface area contributed by atoms with Crippen molar-refractivity contribution in [2.24, 2.45) is 0 Å². The second-order valence-corrected chi connectivity index (χ2v) is 5.63. The van der Waals surface area contributed by atoms with Crippen molar-refractivity contribution >= 4 is 0 Å². The Bertz CT molecular complexity index is 603. The highest BCUT2D eigenvalue weighted by molar-refractivity contribution is 5.41. The average Bonchev–Trinajstić information content (AvgIpc) is 2.83. The summed E-state index contributed by atoms with van der Waals surface area (Å²) in [5.74, 6) is 1.57. The second-order valence-electron chi connectivity index (χ2n) is 5.63. The molecule has 0 saturated heterocycles. The Morgan fingerprint density at radius 3 is 2.77 bits per heavy atom. The molecule has 1 atom stereocenters. The van der Waals surface area contributed by atoms with E-state index >= 15 is 0 Å². The van der Waals surface area contributed by atoms with E-state index in [1.165, 1.54) is 0 Å². The molecule has 5 heteroatoms. The number of aromatic nitrogens is 1. The van der Waals surface area contributed by atoms with Gasteiger partial charge in [-0.3, -0.25) is 0 Å². The van der Waals surface area contributed by atoms with Crippen LogP contribution in [0.2, 0.25) is 0 Å². The van der Waals surface area contributed by atoms with Crippen LogP contribution in [-0.2, 0) is 13.0 Å². The van der Waals surface area contributed by atoms with E-state index in [2.05, 4.69) is 17.4 Å². The van der Waals surface area contributed by atoms with Crippen LogP contribution < -0.4 is 10.1 Å². The van der Waals surface area contributed by atoms with Crippen LogP contribution in [0.5, 0.6) is 11.5 Å². The third kappa shape index (κ3) is 4.01. The molecule has 2 rings (SSSR count). The van der Waals surface area contributed by atoms with Crippen LogP contribution in [0.4, 0.5) is 0 Å². The minimum Gasteiger partial charge on any atom is -0.504 e. The van der Waals surface area contributed by atoms with Gasteiger partial charge in [0.2, 0.25) is 0 Å². The normalized spacial score (nSPS) is 12.4. The summed E-state index contributed by atoms with van der Waals surface area (Å²) in [5.41, 5.74) is 3.24. The van der Waals surface area contributed by atoms with Crippen LogP contribution in [0.1, 0.15) is 35.9 Å². The van der Waals surface area contributed by atoms with Crippen LogP contribution >= 0.6 is 0 Å². The smallest absolute Gasteiger partial charge is 0.160 e. The lowest BCUT2D eigenvalue weighted by Gasteiger charge is -2.14. The van der Waals surface area contributed by atoms with Crippen LogP contribution in [-0.4, -0.2) is 23.4 Å². The SMILES string of the molecule is COc1cc(CC[C@H](C)NCc2c(C)noc2C)ccc1O. The summed E-state index contributed by atoms with van der Waals surface area (Å²) in [4.78, 5) is 0. The molecule has 0 aliphatic rings. The molecule has 0 aliphatic heterocycles. The van der Waals surface area contributed by atoms with E-state index in [1.807, 2.05) is 26.0 Å². The molecular weight excluding hydrogens is 280 g/mol. The van der Waals surface area contributed by atoms with Crippen LogP contribution in [0.15, 0.2) is 22.7 Å². The first-order valence-corrected chi connectivity index (χ1v) is 7.52. The van der Waals surface area contributed by atoms with Gasteiger partial charge < -0.3 is 19.7 Å². The zero-order chi connectivity index (χ0) is 16.1. The monoisotopic (exact) mass is 304 g/mol. The lowest BCUT2D eigenvalue weighted by molar-refractivity contribution is 0.372. The average molecular weight is 304 g/mol. The lowest BCUT2D eigenvalue weighted by atomic mass is 10.1. The number of phenolic OH excluding ortho intramolecular Hbond substituents is 1. The quantitative estimate of drug-likeness (QED) is 0.822. The molecule has 5 nitrogen and oxygen atoms in total. The molecule has 0 bridgehead atoms. The summed E-state index contributed by atoms with van der Waals surface area (Å²) in [7, 11) is 1.56. The van der Waals surface area contributed by atoms with Gasteiger partial charge in [-0.05, 0) is 51.3 Å². The van der Waals surface area contributed by atoms with Gasteiger partial charge in [0.05, 0.1) is 12.8 Å². The van der Waals surface area contributed by atoms with Gasteiger partial charge in [-0.25, -0.2) is 0 Å². The molecule has 120 valence electrons. The van der Waals surface area contributed by atoms with Crippen molar-refractivity contribution in [3.8, 4) is 11.5 Å². The van der Waals surface area contributed by atoms with Gasteiger partial charge >= 0.3 is 0 Å². The fourth-order valence-corrected chi connectivity index (χ4v) is 2.39. The maximum Gasteiger partial charge on any atom is 0.160 e. The number of ether oxygens (including phenoxy) is 1. The lowest BCUT2D eigenvalue weighted by Crippen LogP contribution is -2.26. The fraction of sp³-hybridized carbons (Fsp3) is 0.471. The Morgan fingerprint density at radius 1 is 1.36 bits per heavy atom. The number of phenols is 1. The molecular formula is C17H24N2O3. The summed E-state index contributed by atoms with van der Waals surface area (Å²) < 4.78 is 10.3. The Morgan fingerprint density at radius 2 is 2.14 bits per heavy atom. The van der Waals surface area contributed by atoms with E-state index in [4.69, 9.17) is 9.26 Å². The number of aromatic hydroxyl groups is 1. The van der Waals surface area contributed by atoms with Gasteiger partial charge in [-0.15, -0.1) is 0 Å². The van der Waals surface area contributed by atoms with Gasteiger partial charge in [0.25, 0.3) is 0 Å². The molecule has 0 aliphatic carbocycles.